The lowest BCUT2D eigenvalue weighted by Crippen LogP contribution is -2.33. The maximum atomic E-state index is 10.7. The monoisotopic (exact) mass is 353 g/mol. The van der Waals surface area contributed by atoms with Gasteiger partial charge in [-0.3, -0.25) is 14.8 Å². The topological polar surface area (TPSA) is 39.6 Å². The average Bonchev–Trinajstić information content (AvgIpc) is 2.82. The number of aryl methyl sites for hydroxylation is 3. The van der Waals surface area contributed by atoms with Crippen LogP contribution in [0, 0.1) is 20.8 Å². The molecule has 1 aromatic heterocycles. The Morgan fingerprint density at radius 1 is 1.00 bits per heavy atom. The Kier molecular flexibility index (Phi) is 6.41. The zero-order valence-electron chi connectivity index (χ0n) is 16.3. The molecule has 0 spiro atoms. The first-order chi connectivity index (χ1) is 12.5. The van der Waals surface area contributed by atoms with Crippen LogP contribution in [0.5, 0.6) is 0 Å². The predicted octanol–water partition coefficient (Wildman–Crippen LogP) is 3.25. The van der Waals surface area contributed by atoms with Crippen molar-refractivity contribution < 1.29 is 5.11 Å². The van der Waals surface area contributed by atoms with Crippen molar-refractivity contribution in [2.75, 3.05) is 32.7 Å². The van der Waals surface area contributed by atoms with Crippen LogP contribution in [0.4, 0.5) is 0 Å². The summed E-state index contributed by atoms with van der Waals surface area (Å²) in [5.41, 5.74) is 5.92. The number of aromatic nitrogens is 1. The molecule has 140 valence electrons. The molecule has 0 bridgehead atoms. The summed E-state index contributed by atoms with van der Waals surface area (Å²) in [5.74, 6) is 0. The molecular formula is C22H31N3O. The van der Waals surface area contributed by atoms with E-state index < -0.39 is 6.10 Å². The Morgan fingerprint density at radius 2 is 1.77 bits per heavy atom. The molecule has 1 aliphatic rings. The fourth-order valence-electron chi connectivity index (χ4n) is 3.80. The van der Waals surface area contributed by atoms with Gasteiger partial charge in [-0.05, 0) is 63.0 Å². The smallest absolute Gasteiger partial charge is 0.0919 e. The SMILES string of the molecule is Cc1ccc([C@H](O)CN2CCCN(Cc3ncccc3C)CC2)c(C)c1. The van der Waals surface area contributed by atoms with Gasteiger partial charge in [-0.25, -0.2) is 0 Å². The van der Waals surface area contributed by atoms with Gasteiger partial charge in [0.15, 0.2) is 0 Å². The highest BCUT2D eigenvalue weighted by Gasteiger charge is 2.19. The largest absolute Gasteiger partial charge is 0.387 e. The van der Waals surface area contributed by atoms with Crippen molar-refractivity contribution >= 4 is 0 Å². The van der Waals surface area contributed by atoms with Gasteiger partial charge in [0.1, 0.15) is 0 Å². The van der Waals surface area contributed by atoms with Crippen molar-refractivity contribution in [2.24, 2.45) is 0 Å². The van der Waals surface area contributed by atoms with Crippen LogP contribution in [0.15, 0.2) is 36.5 Å². The van der Waals surface area contributed by atoms with Crippen LogP contribution in [0.25, 0.3) is 0 Å². The molecule has 26 heavy (non-hydrogen) atoms. The average molecular weight is 354 g/mol. The van der Waals surface area contributed by atoms with Crippen LogP contribution >= 0.6 is 0 Å². The Hall–Kier alpha value is -1.75. The Morgan fingerprint density at radius 3 is 2.54 bits per heavy atom. The summed E-state index contributed by atoms with van der Waals surface area (Å²) >= 11 is 0. The summed E-state index contributed by atoms with van der Waals surface area (Å²) in [7, 11) is 0. The first-order valence-corrected chi connectivity index (χ1v) is 9.63. The van der Waals surface area contributed by atoms with E-state index in [2.05, 4.69) is 59.8 Å². The van der Waals surface area contributed by atoms with E-state index in [1.54, 1.807) is 0 Å². The summed E-state index contributed by atoms with van der Waals surface area (Å²) in [6, 6.07) is 10.4. The first kappa shape index (κ1) is 19.0. The maximum absolute atomic E-state index is 10.7. The molecule has 1 fully saturated rings. The molecule has 4 nitrogen and oxygen atoms in total. The number of nitrogens with zero attached hydrogens (tertiary/aromatic N) is 3. The second kappa shape index (κ2) is 8.76. The van der Waals surface area contributed by atoms with Crippen molar-refractivity contribution in [3.63, 3.8) is 0 Å². The van der Waals surface area contributed by atoms with Gasteiger partial charge in [0.2, 0.25) is 0 Å². The molecule has 0 radical (unpaired) electrons. The standard InChI is InChI=1S/C22H31N3O/c1-17-7-8-20(19(3)14-17)22(26)16-25-11-5-10-24(12-13-25)15-21-18(2)6-4-9-23-21/h4,6-9,14,22,26H,5,10-13,15-16H2,1-3H3/t22-/m1/s1. The maximum Gasteiger partial charge on any atom is 0.0919 e. The van der Waals surface area contributed by atoms with E-state index in [4.69, 9.17) is 0 Å². The summed E-state index contributed by atoms with van der Waals surface area (Å²) in [6.45, 7) is 12.1. The number of rotatable bonds is 5. The molecule has 1 saturated heterocycles. The third-order valence-electron chi connectivity index (χ3n) is 5.39. The van der Waals surface area contributed by atoms with Crippen LogP contribution in [-0.4, -0.2) is 52.6 Å². The van der Waals surface area contributed by atoms with E-state index in [1.807, 2.05) is 12.3 Å². The lowest BCUT2D eigenvalue weighted by Gasteiger charge is -2.25. The summed E-state index contributed by atoms with van der Waals surface area (Å²) < 4.78 is 0. The zero-order valence-corrected chi connectivity index (χ0v) is 16.3. The van der Waals surface area contributed by atoms with Crippen molar-refractivity contribution in [1.29, 1.82) is 0 Å². The fourth-order valence-corrected chi connectivity index (χ4v) is 3.80. The van der Waals surface area contributed by atoms with Crippen molar-refractivity contribution in [3.05, 3.63) is 64.5 Å². The zero-order chi connectivity index (χ0) is 18.5. The van der Waals surface area contributed by atoms with Gasteiger partial charge < -0.3 is 5.11 Å². The summed E-state index contributed by atoms with van der Waals surface area (Å²) in [5, 5.41) is 10.7. The van der Waals surface area contributed by atoms with E-state index in [-0.39, 0.29) is 0 Å². The second-order valence-corrected chi connectivity index (χ2v) is 7.57. The van der Waals surface area contributed by atoms with E-state index in [0.29, 0.717) is 6.54 Å². The fraction of sp³-hybridized carbons (Fsp3) is 0.500. The van der Waals surface area contributed by atoms with Crippen LogP contribution in [0.1, 0.15) is 40.5 Å². The molecule has 2 heterocycles. The van der Waals surface area contributed by atoms with Gasteiger partial charge in [-0.1, -0.05) is 29.8 Å². The van der Waals surface area contributed by atoms with Crippen molar-refractivity contribution in [2.45, 2.75) is 39.8 Å². The molecule has 1 aliphatic heterocycles. The number of aliphatic hydroxyl groups is 1. The highest BCUT2D eigenvalue weighted by Crippen LogP contribution is 2.21. The number of aliphatic hydroxyl groups excluding tert-OH is 1. The molecular weight excluding hydrogens is 322 g/mol. The molecule has 2 aromatic rings. The van der Waals surface area contributed by atoms with Gasteiger partial charge in [0, 0.05) is 32.4 Å². The van der Waals surface area contributed by atoms with Crippen LogP contribution in [0.3, 0.4) is 0 Å². The molecule has 4 heteroatoms. The predicted molar refractivity (Wildman–Crippen MR) is 106 cm³/mol. The van der Waals surface area contributed by atoms with E-state index in [9.17, 15) is 5.11 Å². The molecule has 3 rings (SSSR count). The van der Waals surface area contributed by atoms with E-state index in [0.717, 1.165) is 44.7 Å². The molecule has 0 unspecified atom stereocenters. The molecule has 1 N–H and O–H groups in total. The minimum atomic E-state index is -0.416. The molecule has 0 amide bonds. The summed E-state index contributed by atoms with van der Waals surface area (Å²) in [4.78, 5) is 9.41. The minimum absolute atomic E-state index is 0.416. The van der Waals surface area contributed by atoms with E-state index >= 15 is 0 Å². The highest BCUT2D eigenvalue weighted by molar-refractivity contribution is 5.32. The lowest BCUT2D eigenvalue weighted by atomic mass is 10.0. The Bertz CT molecular complexity index is 731. The quantitative estimate of drug-likeness (QED) is 0.896. The number of β-amino-alcohol motifs (C(OH)–C–C–N with tert-alkyl or cyclic N) is 1. The number of hydrogen-bond donors (Lipinski definition) is 1. The molecule has 0 aliphatic carbocycles. The number of pyridine rings is 1. The van der Waals surface area contributed by atoms with Crippen molar-refractivity contribution in [1.82, 2.24) is 14.8 Å². The van der Waals surface area contributed by atoms with Crippen LogP contribution < -0.4 is 0 Å². The first-order valence-electron chi connectivity index (χ1n) is 9.63. The second-order valence-electron chi connectivity index (χ2n) is 7.57. The van der Waals surface area contributed by atoms with Crippen LogP contribution in [0.2, 0.25) is 0 Å². The molecule has 1 atom stereocenters. The van der Waals surface area contributed by atoms with Gasteiger partial charge in [-0.15, -0.1) is 0 Å². The third-order valence-corrected chi connectivity index (χ3v) is 5.39. The molecule has 1 aromatic carbocycles. The van der Waals surface area contributed by atoms with Crippen molar-refractivity contribution in [3.8, 4) is 0 Å². The van der Waals surface area contributed by atoms with Gasteiger partial charge in [-0.2, -0.15) is 0 Å². The molecule has 0 saturated carbocycles. The number of benzene rings is 1. The minimum Gasteiger partial charge on any atom is -0.387 e. The van der Waals surface area contributed by atoms with Gasteiger partial charge in [0.05, 0.1) is 11.8 Å². The number of hydrogen-bond acceptors (Lipinski definition) is 4. The van der Waals surface area contributed by atoms with Crippen LogP contribution in [-0.2, 0) is 6.54 Å². The van der Waals surface area contributed by atoms with E-state index in [1.165, 1.54) is 22.4 Å². The van der Waals surface area contributed by atoms with Gasteiger partial charge in [0.25, 0.3) is 0 Å². The third kappa shape index (κ3) is 4.91. The highest BCUT2D eigenvalue weighted by atomic mass is 16.3. The lowest BCUT2D eigenvalue weighted by molar-refractivity contribution is 0.114. The Labute approximate surface area is 157 Å². The normalized spacial score (nSPS) is 17.8. The Balaban J connectivity index is 1.56. The van der Waals surface area contributed by atoms with Gasteiger partial charge >= 0.3 is 0 Å². The summed E-state index contributed by atoms with van der Waals surface area (Å²) in [6.07, 6.45) is 2.60.